The minimum Gasteiger partial charge on any atom is -0.376 e. The smallest absolute Gasteiger partial charge is 0.259 e. The Morgan fingerprint density at radius 2 is 2.05 bits per heavy atom. The third-order valence-corrected chi connectivity index (χ3v) is 4.05. The van der Waals surface area contributed by atoms with Gasteiger partial charge < -0.3 is 5.32 Å². The molecule has 0 unspecified atom stereocenters. The summed E-state index contributed by atoms with van der Waals surface area (Å²) in [5.41, 5.74) is 6.98. The molecule has 1 amide bonds. The maximum atomic E-state index is 11.7. The number of benzene rings is 1. The zero-order valence-electron chi connectivity index (χ0n) is 12.4. The number of rotatable bonds is 5. The van der Waals surface area contributed by atoms with E-state index in [4.69, 9.17) is 0 Å². The Morgan fingerprint density at radius 3 is 2.71 bits per heavy atom. The van der Waals surface area contributed by atoms with Crippen molar-refractivity contribution in [2.24, 2.45) is 5.10 Å². The molecule has 2 rings (SSSR count). The number of amides is 1. The Labute approximate surface area is 128 Å². The fraction of sp³-hybridized carbons (Fsp3) is 0.250. The molecular weight excluding hydrogens is 282 g/mol. The first kappa shape index (κ1) is 15.3. The fourth-order valence-electron chi connectivity index (χ4n) is 1.91. The zero-order chi connectivity index (χ0) is 15.2. The van der Waals surface area contributed by atoms with E-state index in [0.29, 0.717) is 0 Å². The third-order valence-electron chi connectivity index (χ3n) is 3.09. The molecule has 2 aromatic rings. The number of carbonyl (C=O) groups is 1. The van der Waals surface area contributed by atoms with Crippen LogP contribution in [-0.2, 0) is 4.79 Å². The molecule has 1 heterocycles. The van der Waals surface area contributed by atoms with Gasteiger partial charge in [0.1, 0.15) is 0 Å². The lowest BCUT2D eigenvalue weighted by molar-refractivity contribution is -0.119. The summed E-state index contributed by atoms with van der Waals surface area (Å²) < 4.78 is 0. The maximum Gasteiger partial charge on any atom is 0.259 e. The Morgan fingerprint density at radius 1 is 1.24 bits per heavy atom. The maximum absolute atomic E-state index is 11.7. The van der Waals surface area contributed by atoms with Gasteiger partial charge in [0.2, 0.25) is 0 Å². The Kier molecular flexibility index (Phi) is 5.11. The number of nitrogens with zero attached hydrogens (tertiary/aromatic N) is 1. The number of thiophene rings is 1. The third kappa shape index (κ3) is 4.43. The van der Waals surface area contributed by atoms with E-state index < -0.39 is 0 Å². The molecule has 0 spiro atoms. The van der Waals surface area contributed by atoms with Crippen molar-refractivity contribution in [3.63, 3.8) is 0 Å². The lowest BCUT2D eigenvalue weighted by atomic mass is 10.1. The molecule has 0 bridgehead atoms. The van der Waals surface area contributed by atoms with Crippen LogP contribution >= 0.6 is 11.3 Å². The molecule has 110 valence electrons. The van der Waals surface area contributed by atoms with Gasteiger partial charge in [-0.2, -0.15) is 5.10 Å². The standard InChI is InChI=1S/C16H19N3OS/c1-11-4-5-14(13(3)8-11)17-10-16(20)19-18-9-15-12(2)6-7-21-15/h4-9,17H,10H2,1-3H3,(H,19,20)/b18-9-. The zero-order valence-corrected chi connectivity index (χ0v) is 13.3. The van der Waals surface area contributed by atoms with Gasteiger partial charge in [0.25, 0.3) is 5.91 Å². The van der Waals surface area contributed by atoms with Crippen LogP contribution in [0.3, 0.4) is 0 Å². The van der Waals surface area contributed by atoms with Crippen molar-refractivity contribution >= 4 is 29.1 Å². The lowest BCUT2D eigenvalue weighted by Crippen LogP contribution is -2.26. The number of hydrogen-bond acceptors (Lipinski definition) is 4. The Hall–Kier alpha value is -2.14. The Bertz CT molecular complexity index is 661. The van der Waals surface area contributed by atoms with Crippen molar-refractivity contribution < 1.29 is 4.79 Å². The van der Waals surface area contributed by atoms with Crippen LogP contribution < -0.4 is 10.7 Å². The van der Waals surface area contributed by atoms with Gasteiger partial charge in [-0.3, -0.25) is 4.79 Å². The molecule has 0 aliphatic rings. The first-order chi connectivity index (χ1) is 10.1. The first-order valence-electron chi connectivity index (χ1n) is 6.73. The summed E-state index contributed by atoms with van der Waals surface area (Å²) in [6.45, 7) is 6.28. The highest BCUT2D eigenvalue weighted by Gasteiger charge is 2.02. The minimum atomic E-state index is -0.166. The van der Waals surface area contributed by atoms with Crippen molar-refractivity contribution in [2.75, 3.05) is 11.9 Å². The highest BCUT2D eigenvalue weighted by Crippen LogP contribution is 2.15. The van der Waals surface area contributed by atoms with E-state index in [1.54, 1.807) is 17.6 Å². The van der Waals surface area contributed by atoms with Crippen LogP contribution in [-0.4, -0.2) is 18.7 Å². The van der Waals surface area contributed by atoms with Gasteiger partial charge >= 0.3 is 0 Å². The summed E-state index contributed by atoms with van der Waals surface area (Å²) in [6, 6.07) is 8.11. The molecule has 0 atom stereocenters. The number of hydrogen-bond donors (Lipinski definition) is 2. The largest absolute Gasteiger partial charge is 0.376 e. The van der Waals surface area contributed by atoms with Gasteiger partial charge in [-0.1, -0.05) is 17.7 Å². The fourth-order valence-corrected chi connectivity index (χ4v) is 2.69. The summed E-state index contributed by atoms with van der Waals surface area (Å²) in [6.07, 6.45) is 1.68. The quantitative estimate of drug-likeness (QED) is 0.658. The summed E-state index contributed by atoms with van der Waals surface area (Å²) in [4.78, 5) is 12.8. The molecule has 0 saturated heterocycles. The van der Waals surface area contributed by atoms with Crippen molar-refractivity contribution in [2.45, 2.75) is 20.8 Å². The minimum absolute atomic E-state index is 0.166. The van der Waals surface area contributed by atoms with Gasteiger partial charge in [0.05, 0.1) is 12.8 Å². The van der Waals surface area contributed by atoms with Crippen LogP contribution in [0.25, 0.3) is 0 Å². The molecule has 5 heteroatoms. The van der Waals surface area contributed by atoms with Gasteiger partial charge in [0, 0.05) is 10.6 Å². The predicted octanol–water partition coefficient (Wildman–Crippen LogP) is 3.24. The number of carbonyl (C=O) groups excluding carboxylic acids is 1. The van der Waals surface area contributed by atoms with Crippen LogP contribution in [0.15, 0.2) is 34.7 Å². The van der Waals surface area contributed by atoms with E-state index in [9.17, 15) is 4.79 Å². The molecule has 0 saturated carbocycles. The van der Waals surface area contributed by atoms with E-state index in [-0.39, 0.29) is 12.5 Å². The topological polar surface area (TPSA) is 53.5 Å². The molecule has 0 radical (unpaired) electrons. The molecule has 0 fully saturated rings. The Balaban J connectivity index is 1.82. The average Bonchev–Trinajstić information content (AvgIpc) is 2.83. The number of aryl methyl sites for hydroxylation is 3. The number of nitrogens with one attached hydrogen (secondary N) is 2. The van der Waals surface area contributed by atoms with Gasteiger partial charge in [-0.05, 0) is 49.4 Å². The summed E-state index contributed by atoms with van der Waals surface area (Å²) in [5.74, 6) is -0.166. The van der Waals surface area contributed by atoms with E-state index in [0.717, 1.165) is 21.7 Å². The predicted molar refractivity (Wildman–Crippen MR) is 89.2 cm³/mol. The van der Waals surface area contributed by atoms with Crippen LogP contribution in [0.5, 0.6) is 0 Å². The molecule has 1 aromatic heterocycles. The van der Waals surface area contributed by atoms with Crippen molar-refractivity contribution in [1.29, 1.82) is 0 Å². The molecule has 0 aliphatic carbocycles. The van der Waals surface area contributed by atoms with Gasteiger partial charge in [-0.15, -0.1) is 11.3 Å². The van der Waals surface area contributed by atoms with Crippen molar-refractivity contribution in [3.8, 4) is 0 Å². The van der Waals surface area contributed by atoms with Crippen LogP contribution in [0, 0.1) is 20.8 Å². The van der Waals surface area contributed by atoms with Crippen molar-refractivity contribution in [1.82, 2.24) is 5.43 Å². The highest BCUT2D eigenvalue weighted by molar-refractivity contribution is 7.11. The van der Waals surface area contributed by atoms with Crippen molar-refractivity contribution in [3.05, 3.63) is 51.2 Å². The van der Waals surface area contributed by atoms with E-state index in [2.05, 4.69) is 21.9 Å². The van der Waals surface area contributed by atoms with Crippen LogP contribution in [0.2, 0.25) is 0 Å². The molecular formula is C16H19N3OS. The molecule has 0 aliphatic heterocycles. The highest BCUT2D eigenvalue weighted by atomic mass is 32.1. The van der Waals surface area contributed by atoms with E-state index in [1.165, 1.54) is 5.56 Å². The second-order valence-electron chi connectivity index (χ2n) is 4.93. The molecule has 4 nitrogen and oxygen atoms in total. The summed E-state index contributed by atoms with van der Waals surface area (Å²) >= 11 is 1.60. The molecule has 1 aromatic carbocycles. The molecule has 2 N–H and O–H groups in total. The summed E-state index contributed by atoms with van der Waals surface area (Å²) in [5, 5.41) is 9.08. The first-order valence-corrected chi connectivity index (χ1v) is 7.61. The normalized spacial score (nSPS) is 10.8. The van der Waals surface area contributed by atoms with Crippen LogP contribution in [0.1, 0.15) is 21.6 Å². The average molecular weight is 301 g/mol. The monoisotopic (exact) mass is 301 g/mol. The van der Waals surface area contributed by atoms with E-state index in [1.807, 2.05) is 44.4 Å². The van der Waals surface area contributed by atoms with E-state index >= 15 is 0 Å². The molecule has 21 heavy (non-hydrogen) atoms. The second kappa shape index (κ2) is 7.04. The summed E-state index contributed by atoms with van der Waals surface area (Å²) in [7, 11) is 0. The van der Waals surface area contributed by atoms with Gasteiger partial charge in [0.15, 0.2) is 0 Å². The SMILES string of the molecule is Cc1ccc(NCC(=O)N/N=C\c2sccc2C)c(C)c1. The van der Waals surface area contributed by atoms with Crippen LogP contribution in [0.4, 0.5) is 5.69 Å². The second-order valence-corrected chi connectivity index (χ2v) is 5.88. The number of anilines is 1. The number of hydrazone groups is 1. The lowest BCUT2D eigenvalue weighted by Gasteiger charge is -2.09. The van der Waals surface area contributed by atoms with Gasteiger partial charge in [-0.25, -0.2) is 5.43 Å².